The van der Waals surface area contributed by atoms with Crippen molar-refractivity contribution in [2.75, 3.05) is 52.9 Å². The molecule has 28 heavy (non-hydrogen) atoms. The van der Waals surface area contributed by atoms with E-state index >= 15 is 0 Å². The molecule has 0 aromatic heterocycles. The van der Waals surface area contributed by atoms with Crippen LogP contribution < -0.4 is 0 Å². The Morgan fingerprint density at radius 3 is 2.11 bits per heavy atom. The molecule has 0 radical (unpaired) electrons. The van der Waals surface area contributed by atoms with Crippen molar-refractivity contribution < 1.29 is 18.4 Å². The summed E-state index contributed by atoms with van der Waals surface area (Å²) < 4.78 is 29.6. The van der Waals surface area contributed by atoms with Crippen LogP contribution in [-0.4, -0.2) is 85.2 Å². The van der Waals surface area contributed by atoms with Crippen molar-refractivity contribution in [2.45, 2.75) is 51.4 Å². The van der Waals surface area contributed by atoms with Gasteiger partial charge in [0, 0.05) is 63.4 Å². The maximum atomic E-state index is 14.8. The number of nitrogens with zero attached hydrogens (tertiary/aromatic N) is 3. The van der Waals surface area contributed by atoms with Crippen LogP contribution in [0, 0.1) is 17.8 Å². The molecule has 1 atom stereocenters. The van der Waals surface area contributed by atoms with Crippen molar-refractivity contribution in [3.63, 3.8) is 0 Å². The number of Topliss-reactive ketones (excluding diaryl/α,β-unsaturated/α-hetero) is 1. The largest absolute Gasteiger partial charge is 0.336 e. The van der Waals surface area contributed by atoms with Gasteiger partial charge in [-0.25, -0.2) is 8.78 Å². The van der Waals surface area contributed by atoms with Gasteiger partial charge in [-0.3, -0.25) is 9.59 Å². The number of likely N-dealkylation sites (N-methyl/N-ethyl adjacent to an activating group) is 1. The topological polar surface area (TPSA) is 43.9 Å². The second kappa shape index (κ2) is 9.16. The monoisotopic (exact) mass is 399 g/mol. The van der Waals surface area contributed by atoms with Gasteiger partial charge in [-0.05, 0) is 39.2 Å². The van der Waals surface area contributed by atoms with E-state index < -0.39 is 18.4 Å². The molecule has 3 aliphatic rings. The summed E-state index contributed by atoms with van der Waals surface area (Å²) in [4.78, 5) is 30.4. The second-order valence-corrected chi connectivity index (χ2v) is 8.98. The quantitative estimate of drug-likeness (QED) is 0.713. The standard InChI is InChI=1S/C21H35F2N3O2/c1-3-19(27)16-4-6-17(7-5-16)20(28)26-9-8-18(21(22,23)15-26)14-25-12-10-24(2)11-13-25/h16-18H,3-15H2,1-2H3. The van der Waals surface area contributed by atoms with E-state index in [0.29, 0.717) is 38.8 Å². The summed E-state index contributed by atoms with van der Waals surface area (Å²) >= 11 is 0. The molecule has 1 amide bonds. The van der Waals surface area contributed by atoms with Crippen LogP contribution in [0.2, 0.25) is 0 Å². The Hall–Kier alpha value is -1.08. The van der Waals surface area contributed by atoms with Gasteiger partial charge in [0.2, 0.25) is 5.91 Å². The van der Waals surface area contributed by atoms with Crippen molar-refractivity contribution in [1.82, 2.24) is 14.7 Å². The van der Waals surface area contributed by atoms with E-state index in [4.69, 9.17) is 0 Å². The van der Waals surface area contributed by atoms with Crippen LogP contribution in [0.25, 0.3) is 0 Å². The molecule has 5 nitrogen and oxygen atoms in total. The van der Waals surface area contributed by atoms with Crippen LogP contribution in [0.3, 0.4) is 0 Å². The third-order valence-electron chi connectivity index (χ3n) is 7.01. The summed E-state index contributed by atoms with van der Waals surface area (Å²) in [6.07, 6.45) is 3.66. The maximum Gasteiger partial charge on any atom is 0.269 e. The molecule has 0 N–H and O–H groups in total. The molecule has 3 fully saturated rings. The van der Waals surface area contributed by atoms with Crippen LogP contribution in [0.1, 0.15) is 45.4 Å². The van der Waals surface area contributed by atoms with Crippen LogP contribution in [0.5, 0.6) is 0 Å². The van der Waals surface area contributed by atoms with Crippen molar-refractivity contribution in [3.05, 3.63) is 0 Å². The fourth-order valence-electron chi connectivity index (χ4n) is 4.95. The van der Waals surface area contributed by atoms with Gasteiger partial charge in [0.25, 0.3) is 5.92 Å². The minimum absolute atomic E-state index is 0.0600. The number of ketones is 1. The van der Waals surface area contributed by atoms with Gasteiger partial charge in [-0.15, -0.1) is 0 Å². The molecule has 3 rings (SSSR count). The highest BCUT2D eigenvalue weighted by molar-refractivity contribution is 5.82. The highest BCUT2D eigenvalue weighted by atomic mass is 19.3. The number of rotatable bonds is 5. The number of halogens is 2. The van der Waals surface area contributed by atoms with E-state index in [1.165, 1.54) is 4.90 Å². The van der Waals surface area contributed by atoms with Crippen molar-refractivity contribution in [2.24, 2.45) is 17.8 Å². The predicted molar refractivity (Wildman–Crippen MR) is 104 cm³/mol. The summed E-state index contributed by atoms with van der Waals surface area (Å²) in [7, 11) is 2.06. The van der Waals surface area contributed by atoms with E-state index in [2.05, 4.69) is 16.8 Å². The Balaban J connectivity index is 1.49. The molecular formula is C21H35F2N3O2. The van der Waals surface area contributed by atoms with E-state index in [0.717, 1.165) is 39.0 Å². The number of likely N-dealkylation sites (tertiary alicyclic amines) is 1. The number of carbonyl (C=O) groups excluding carboxylic acids is 2. The zero-order chi connectivity index (χ0) is 20.3. The first-order chi connectivity index (χ1) is 13.3. The lowest BCUT2D eigenvalue weighted by Crippen LogP contribution is -2.56. The Labute approximate surface area is 167 Å². The molecule has 1 unspecified atom stereocenters. The number of piperidine rings is 1. The average molecular weight is 400 g/mol. The molecule has 160 valence electrons. The third-order valence-corrected chi connectivity index (χ3v) is 7.01. The highest BCUT2D eigenvalue weighted by Gasteiger charge is 2.47. The summed E-state index contributed by atoms with van der Waals surface area (Å²) in [5.74, 6) is -3.48. The lowest BCUT2D eigenvalue weighted by atomic mass is 9.78. The minimum atomic E-state index is -2.83. The lowest BCUT2D eigenvalue weighted by molar-refractivity contribution is -0.157. The molecule has 7 heteroatoms. The predicted octanol–water partition coefficient (Wildman–Crippen LogP) is 2.50. The SMILES string of the molecule is CCC(=O)C1CCC(C(=O)N2CCC(CN3CCN(C)CC3)C(F)(F)C2)CC1. The van der Waals surface area contributed by atoms with E-state index in [9.17, 15) is 18.4 Å². The summed E-state index contributed by atoms with van der Waals surface area (Å²) in [6, 6.07) is 0. The van der Waals surface area contributed by atoms with Crippen molar-refractivity contribution in [3.8, 4) is 0 Å². The second-order valence-electron chi connectivity index (χ2n) is 8.98. The van der Waals surface area contributed by atoms with Crippen molar-refractivity contribution in [1.29, 1.82) is 0 Å². The number of hydrogen-bond donors (Lipinski definition) is 0. The zero-order valence-electron chi connectivity index (χ0n) is 17.3. The van der Waals surface area contributed by atoms with Gasteiger partial charge in [0.1, 0.15) is 5.78 Å². The molecular weight excluding hydrogens is 364 g/mol. The average Bonchev–Trinajstić information content (AvgIpc) is 2.69. The Bertz CT molecular complexity index is 556. The van der Waals surface area contributed by atoms with Gasteiger partial charge >= 0.3 is 0 Å². The number of hydrogen-bond acceptors (Lipinski definition) is 4. The Morgan fingerprint density at radius 2 is 1.54 bits per heavy atom. The minimum Gasteiger partial charge on any atom is -0.336 e. The van der Waals surface area contributed by atoms with E-state index in [1.54, 1.807) is 0 Å². The van der Waals surface area contributed by atoms with Gasteiger partial charge in [0.05, 0.1) is 6.54 Å². The molecule has 2 heterocycles. The number of piperazine rings is 1. The number of amides is 1. The smallest absolute Gasteiger partial charge is 0.269 e. The first kappa shape index (κ1) is 21.6. The normalized spacial score (nSPS) is 32.3. The molecule has 1 aliphatic carbocycles. The Kier molecular flexibility index (Phi) is 7.07. The fourth-order valence-corrected chi connectivity index (χ4v) is 4.95. The molecule has 0 aromatic rings. The van der Waals surface area contributed by atoms with Crippen molar-refractivity contribution >= 4 is 11.7 Å². The summed E-state index contributed by atoms with van der Waals surface area (Å²) in [6.45, 7) is 5.80. The van der Waals surface area contributed by atoms with Gasteiger partial charge in [-0.1, -0.05) is 6.92 Å². The molecule has 0 spiro atoms. The van der Waals surface area contributed by atoms with Gasteiger partial charge in [0.15, 0.2) is 0 Å². The van der Waals surface area contributed by atoms with Gasteiger partial charge < -0.3 is 14.7 Å². The molecule has 2 saturated heterocycles. The highest BCUT2D eigenvalue weighted by Crippen LogP contribution is 2.36. The van der Waals surface area contributed by atoms with Crippen LogP contribution in [0.4, 0.5) is 8.78 Å². The molecule has 0 bridgehead atoms. The van der Waals surface area contributed by atoms with Crippen LogP contribution in [-0.2, 0) is 9.59 Å². The molecule has 2 aliphatic heterocycles. The number of alkyl halides is 2. The fraction of sp³-hybridized carbons (Fsp3) is 0.905. The lowest BCUT2D eigenvalue weighted by Gasteiger charge is -2.43. The van der Waals surface area contributed by atoms with Crippen LogP contribution in [0.15, 0.2) is 0 Å². The zero-order valence-corrected chi connectivity index (χ0v) is 17.3. The number of carbonyl (C=O) groups is 2. The molecule has 1 saturated carbocycles. The van der Waals surface area contributed by atoms with Crippen LogP contribution >= 0.6 is 0 Å². The first-order valence-corrected chi connectivity index (χ1v) is 10.9. The first-order valence-electron chi connectivity index (χ1n) is 10.9. The Morgan fingerprint density at radius 1 is 0.929 bits per heavy atom. The summed E-state index contributed by atoms with van der Waals surface area (Å²) in [5, 5.41) is 0. The molecule has 0 aromatic carbocycles. The van der Waals surface area contributed by atoms with E-state index in [1.807, 2.05) is 6.92 Å². The van der Waals surface area contributed by atoms with E-state index in [-0.39, 0.29) is 23.5 Å². The third kappa shape index (κ3) is 5.09. The maximum absolute atomic E-state index is 14.8. The van der Waals surface area contributed by atoms with Gasteiger partial charge in [-0.2, -0.15) is 0 Å². The summed E-state index contributed by atoms with van der Waals surface area (Å²) in [5.41, 5.74) is 0.